The van der Waals surface area contributed by atoms with E-state index in [4.69, 9.17) is 12.2 Å². The maximum absolute atomic E-state index is 13.2. The number of nitrogens with zero attached hydrogens (tertiary/aromatic N) is 2. The lowest BCUT2D eigenvalue weighted by molar-refractivity contribution is -0.113. The Bertz CT molecular complexity index is 1360. The van der Waals surface area contributed by atoms with E-state index < -0.39 is 0 Å². The average molecular weight is 513 g/mol. The molecule has 0 radical (unpaired) electrons. The van der Waals surface area contributed by atoms with Gasteiger partial charge in [-0.2, -0.15) is 0 Å². The first kappa shape index (κ1) is 23.7. The van der Waals surface area contributed by atoms with Gasteiger partial charge in [-0.15, -0.1) is 0 Å². The Morgan fingerprint density at radius 1 is 0.829 bits per heavy atom. The Kier molecular flexibility index (Phi) is 6.95. The molecule has 0 unspecified atom stereocenters. The highest BCUT2D eigenvalue weighted by atomic mass is 32.2. The third-order valence-electron chi connectivity index (χ3n) is 5.82. The molecule has 0 atom stereocenters. The van der Waals surface area contributed by atoms with E-state index in [-0.39, 0.29) is 5.91 Å². The van der Waals surface area contributed by atoms with Gasteiger partial charge in [0, 0.05) is 11.4 Å². The van der Waals surface area contributed by atoms with Gasteiger partial charge in [0.2, 0.25) is 0 Å². The van der Waals surface area contributed by atoms with Crippen LogP contribution in [0.25, 0.3) is 10.6 Å². The summed E-state index contributed by atoms with van der Waals surface area (Å²) in [5, 5.41) is 1.09. The molecule has 2 aliphatic heterocycles. The van der Waals surface area contributed by atoms with E-state index in [2.05, 4.69) is 66.4 Å². The molecule has 0 saturated carbocycles. The molecule has 174 valence electrons. The fraction of sp³-hybridized carbons (Fsp3) is 0.103. The molecule has 3 aromatic rings. The number of allylic oxidation sites excluding steroid dienone is 2. The van der Waals surface area contributed by atoms with E-state index in [1.165, 1.54) is 33.5 Å². The van der Waals surface area contributed by atoms with Crippen LogP contribution in [0.3, 0.4) is 0 Å². The van der Waals surface area contributed by atoms with Gasteiger partial charge in [0.15, 0.2) is 4.32 Å². The molecule has 2 aliphatic rings. The largest absolute Gasteiger partial charge is 0.335 e. The summed E-state index contributed by atoms with van der Waals surface area (Å²) in [6.45, 7) is 5.00. The second-order valence-corrected chi connectivity index (χ2v) is 10.8. The van der Waals surface area contributed by atoms with Crippen LogP contribution in [0, 0.1) is 6.92 Å². The highest BCUT2D eigenvalue weighted by molar-refractivity contribution is 8.27. The Morgan fingerprint density at radius 3 is 2.09 bits per heavy atom. The summed E-state index contributed by atoms with van der Waals surface area (Å²) in [6.07, 6.45) is 3.96. The van der Waals surface area contributed by atoms with Gasteiger partial charge < -0.3 is 4.90 Å². The van der Waals surface area contributed by atoms with E-state index >= 15 is 0 Å². The number of hydrogen-bond donors (Lipinski definition) is 0. The molecule has 3 nitrogen and oxygen atoms in total. The monoisotopic (exact) mass is 512 g/mol. The predicted octanol–water partition coefficient (Wildman–Crippen LogP) is 7.68. The highest BCUT2D eigenvalue weighted by Gasteiger charge is 2.33. The fourth-order valence-electron chi connectivity index (χ4n) is 4.09. The zero-order chi connectivity index (χ0) is 24.4. The molecule has 35 heavy (non-hydrogen) atoms. The molecule has 2 heterocycles. The molecule has 1 saturated heterocycles. The Balaban J connectivity index is 1.49. The molecule has 1 fully saturated rings. The second-order valence-electron chi connectivity index (χ2n) is 8.14. The lowest BCUT2D eigenvalue weighted by Crippen LogP contribution is -2.27. The minimum absolute atomic E-state index is 0.0775. The first-order chi connectivity index (χ1) is 17.1. The number of benzene rings is 3. The van der Waals surface area contributed by atoms with Gasteiger partial charge in [0.1, 0.15) is 0 Å². The van der Waals surface area contributed by atoms with E-state index in [9.17, 15) is 4.79 Å². The van der Waals surface area contributed by atoms with Crippen LogP contribution >= 0.6 is 35.7 Å². The summed E-state index contributed by atoms with van der Waals surface area (Å²) < 4.78 is 0.558. The topological polar surface area (TPSA) is 23.6 Å². The van der Waals surface area contributed by atoms with Crippen molar-refractivity contribution in [1.82, 2.24) is 4.90 Å². The van der Waals surface area contributed by atoms with E-state index in [1.807, 2.05) is 49.4 Å². The summed E-state index contributed by atoms with van der Waals surface area (Å²) in [5.41, 5.74) is 5.50. The van der Waals surface area contributed by atoms with Gasteiger partial charge in [-0.3, -0.25) is 9.69 Å². The number of amides is 1. The summed E-state index contributed by atoms with van der Waals surface area (Å²) in [7, 11) is 0. The normalized spacial score (nSPS) is 18.5. The molecule has 1 amide bonds. The summed E-state index contributed by atoms with van der Waals surface area (Å²) >= 11 is 8.64. The SMILES string of the molecule is CCN1C(=CC=C2SC(=S)N(c3ccc(C)cc3)C2=O)SC(c2ccccc2)=C1c1ccccc1. The standard InChI is InChI=1S/C29H24N2OS3/c1-3-30-25(19-18-24-28(32)31(29(33)34-24)23-16-14-20(2)15-17-23)35-27(22-12-8-5-9-13-22)26(30)21-10-6-4-7-11-21/h4-19H,3H2,1-2H3. The number of thiocarbonyl (C=S) groups is 1. The van der Waals surface area contributed by atoms with Crippen molar-refractivity contribution in [2.45, 2.75) is 13.8 Å². The van der Waals surface area contributed by atoms with Crippen molar-refractivity contribution in [3.63, 3.8) is 0 Å². The first-order valence-corrected chi connectivity index (χ1v) is 13.5. The Morgan fingerprint density at radius 2 is 1.46 bits per heavy atom. The number of carbonyl (C=O) groups is 1. The molecule has 3 aromatic carbocycles. The van der Waals surface area contributed by atoms with Crippen LogP contribution in [0.5, 0.6) is 0 Å². The number of aryl methyl sites for hydroxylation is 1. The second kappa shape index (κ2) is 10.3. The van der Waals surface area contributed by atoms with E-state index in [1.54, 1.807) is 16.7 Å². The molecular weight excluding hydrogens is 489 g/mol. The van der Waals surface area contributed by atoms with E-state index in [0.717, 1.165) is 22.8 Å². The molecule has 5 rings (SSSR count). The van der Waals surface area contributed by atoms with Crippen molar-refractivity contribution in [2.24, 2.45) is 0 Å². The third-order valence-corrected chi connectivity index (χ3v) is 8.34. The maximum Gasteiger partial charge on any atom is 0.270 e. The van der Waals surface area contributed by atoms with Crippen LogP contribution in [0.2, 0.25) is 0 Å². The summed E-state index contributed by atoms with van der Waals surface area (Å²) in [4.78, 5) is 19.0. The van der Waals surface area contributed by atoms with Crippen molar-refractivity contribution in [3.05, 3.63) is 124 Å². The minimum atomic E-state index is -0.0775. The van der Waals surface area contributed by atoms with Crippen molar-refractivity contribution in [1.29, 1.82) is 0 Å². The highest BCUT2D eigenvalue weighted by Crippen LogP contribution is 2.50. The number of anilines is 1. The van der Waals surface area contributed by atoms with Gasteiger partial charge in [0.25, 0.3) is 5.91 Å². The van der Waals surface area contributed by atoms with Crippen LogP contribution in [-0.4, -0.2) is 21.7 Å². The maximum atomic E-state index is 13.2. The smallest absolute Gasteiger partial charge is 0.270 e. The zero-order valence-electron chi connectivity index (χ0n) is 19.5. The van der Waals surface area contributed by atoms with Crippen molar-refractivity contribution in [3.8, 4) is 0 Å². The van der Waals surface area contributed by atoms with Crippen LogP contribution in [0.15, 0.2) is 107 Å². The lowest BCUT2D eigenvalue weighted by atomic mass is 10.1. The van der Waals surface area contributed by atoms with Gasteiger partial charge in [-0.05, 0) is 49.3 Å². The minimum Gasteiger partial charge on any atom is -0.335 e. The molecule has 6 heteroatoms. The summed E-state index contributed by atoms with van der Waals surface area (Å²) in [6, 6.07) is 28.8. The quantitative estimate of drug-likeness (QED) is 0.258. The van der Waals surface area contributed by atoms with Crippen LogP contribution in [0.1, 0.15) is 23.6 Å². The summed E-state index contributed by atoms with van der Waals surface area (Å²) in [5.74, 6) is -0.0775. The Hall–Kier alpha value is -3.06. The van der Waals surface area contributed by atoms with Crippen molar-refractivity contribution >= 4 is 62.3 Å². The molecule has 0 aromatic heterocycles. The van der Waals surface area contributed by atoms with Crippen LogP contribution < -0.4 is 4.90 Å². The Labute approximate surface area is 220 Å². The molecular formula is C29H24N2OS3. The van der Waals surface area contributed by atoms with Gasteiger partial charge in [0.05, 0.1) is 21.3 Å². The zero-order valence-corrected chi connectivity index (χ0v) is 21.9. The lowest BCUT2D eigenvalue weighted by Gasteiger charge is -2.21. The van der Waals surface area contributed by atoms with Gasteiger partial charge in [-0.1, -0.05) is 114 Å². The molecule has 0 aliphatic carbocycles. The average Bonchev–Trinajstić information content (AvgIpc) is 3.40. The number of hydrogen-bond acceptors (Lipinski definition) is 5. The van der Waals surface area contributed by atoms with Gasteiger partial charge >= 0.3 is 0 Å². The van der Waals surface area contributed by atoms with Crippen molar-refractivity contribution < 1.29 is 4.79 Å². The predicted molar refractivity (Wildman–Crippen MR) is 155 cm³/mol. The third kappa shape index (κ3) is 4.74. The fourth-order valence-corrected chi connectivity index (χ4v) is 6.59. The first-order valence-electron chi connectivity index (χ1n) is 11.4. The number of rotatable bonds is 5. The molecule has 0 spiro atoms. The number of thioether (sulfide) groups is 2. The van der Waals surface area contributed by atoms with Crippen molar-refractivity contribution in [2.75, 3.05) is 11.4 Å². The molecule has 0 bridgehead atoms. The molecule has 0 N–H and O–H groups in total. The number of carbonyl (C=O) groups excluding carboxylic acids is 1. The van der Waals surface area contributed by atoms with Gasteiger partial charge in [-0.25, -0.2) is 0 Å². The van der Waals surface area contributed by atoms with Crippen LogP contribution in [-0.2, 0) is 4.79 Å². The van der Waals surface area contributed by atoms with E-state index in [0.29, 0.717) is 9.23 Å². The van der Waals surface area contributed by atoms with Crippen LogP contribution in [0.4, 0.5) is 5.69 Å².